The molecule has 1 aliphatic rings. The molecule has 0 amide bonds. The van der Waals surface area contributed by atoms with E-state index < -0.39 is 5.78 Å². The molecule has 2 aromatic rings. The fraction of sp³-hybridized carbons (Fsp3) is 0.389. The molecule has 0 N–H and O–H groups in total. The van der Waals surface area contributed by atoms with Crippen LogP contribution in [0.1, 0.15) is 35.8 Å². The summed E-state index contributed by atoms with van der Waals surface area (Å²) in [5, 5.41) is 4.03. The highest BCUT2D eigenvalue weighted by atomic mass is 16.5. The van der Waals surface area contributed by atoms with E-state index in [4.69, 9.17) is 9.47 Å². The van der Waals surface area contributed by atoms with E-state index in [0.717, 1.165) is 12.8 Å². The summed E-state index contributed by atoms with van der Waals surface area (Å²) >= 11 is 0. The second-order valence-electron chi connectivity index (χ2n) is 5.89. The van der Waals surface area contributed by atoms with E-state index in [1.807, 2.05) is 0 Å². The van der Waals surface area contributed by atoms with E-state index in [1.165, 1.54) is 30.7 Å². The number of hydrogen-bond donors (Lipinski definition) is 0. The van der Waals surface area contributed by atoms with Crippen molar-refractivity contribution in [2.24, 2.45) is 5.92 Å². The Kier molecular flexibility index (Phi) is 5.52. The fourth-order valence-corrected chi connectivity index (χ4v) is 2.50. The predicted molar refractivity (Wildman–Crippen MR) is 91.6 cm³/mol. The van der Waals surface area contributed by atoms with Crippen LogP contribution in [0.25, 0.3) is 5.82 Å². The van der Waals surface area contributed by atoms with Gasteiger partial charge >= 0.3 is 0 Å². The van der Waals surface area contributed by atoms with Crippen LogP contribution in [-0.2, 0) is 20.9 Å². The van der Waals surface area contributed by atoms with Crippen LogP contribution < -0.4 is 0 Å². The first-order valence-electron chi connectivity index (χ1n) is 8.40. The zero-order valence-corrected chi connectivity index (χ0v) is 14.7. The van der Waals surface area contributed by atoms with Crippen molar-refractivity contribution >= 4 is 11.6 Å². The summed E-state index contributed by atoms with van der Waals surface area (Å²) in [6.45, 7) is 2.30. The minimum Gasteiger partial charge on any atom is -0.501 e. The van der Waals surface area contributed by atoms with Gasteiger partial charge < -0.3 is 9.47 Å². The number of pyridine rings is 1. The van der Waals surface area contributed by atoms with Crippen molar-refractivity contribution < 1.29 is 19.1 Å². The molecule has 2 aromatic heterocycles. The number of carbonyl (C=O) groups is 2. The number of rotatable bonds is 9. The zero-order valence-electron chi connectivity index (χ0n) is 14.7. The molecule has 1 aliphatic carbocycles. The van der Waals surface area contributed by atoms with Gasteiger partial charge in [0.05, 0.1) is 25.2 Å². The van der Waals surface area contributed by atoms with Crippen LogP contribution >= 0.6 is 0 Å². The molecule has 0 spiro atoms. The first-order chi connectivity index (χ1) is 12.7. The van der Waals surface area contributed by atoms with Crippen molar-refractivity contribution in [3.05, 3.63) is 47.9 Å². The molecule has 0 saturated heterocycles. The van der Waals surface area contributed by atoms with Crippen molar-refractivity contribution in [3.8, 4) is 5.82 Å². The molecule has 0 aromatic carbocycles. The highest BCUT2D eigenvalue weighted by molar-refractivity contribution is 6.27. The van der Waals surface area contributed by atoms with Crippen LogP contribution in [0, 0.1) is 5.92 Å². The normalized spacial score (nSPS) is 14.3. The lowest BCUT2D eigenvalue weighted by molar-refractivity contribution is -0.116. The van der Waals surface area contributed by atoms with E-state index in [9.17, 15) is 9.59 Å². The molecule has 1 saturated carbocycles. The Bertz CT molecular complexity index is 826. The molecule has 0 radical (unpaired) electrons. The SMILES string of the molecule is CCO/C=C(/C(=O)c1ccc(-n2cncn2)nc1COC)C(=O)C1CC1. The van der Waals surface area contributed by atoms with Gasteiger partial charge in [0.25, 0.3) is 0 Å². The fourth-order valence-electron chi connectivity index (χ4n) is 2.50. The Labute approximate surface area is 150 Å². The molecule has 8 heteroatoms. The molecule has 2 heterocycles. The summed E-state index contributed by atoms with van der Waals surface area (Å²) in [5.74, 6) is -0.152. The summed E-state index contributed by atoms with van der Waals surface area (Å²) in [7, 11) is 1.52. The number of aromatic nitrogens is 4. The van der Waals surface area contributed by atoms with Crippen LogP contribution in [-0.4, -0.2) is 45.0 Å². The highest BCUT2D eigenvalue weighted by Crippen LogP contribution is 2.33. The van der Waals surface area contributed by atoms with Crippen LogP contribution in [0.2, 0.25) is 0 Å². The van der Waals surface area contributed by atoms with Gasteiger partial charge in [0.15, 0.2) is 11.6 Å². The molecule has 0 aliphatic heterocycles. The van der Waals surface area contributed by atoms with E-state index in [-0.39, 0.29) is 23.9 Å². The Balaban J connectivity index is 1.97. The highest BCUT2D eigenvalue weighted by Gasteiger charge is 2.35. The number of ketones is 2. The largest absolute Gasteiger partial charge is 0.501 e. The summed E-state index contributed by atoms with van der Waals surface area (Å²) in [6.07, 6.45) is 5.80. The molecular formula is C18H20N4O4. The van der Waals surface area contributed by atoms with Crippen molar-refractivity contribution in [2.75, 3.05) is 13.7 Å². The molecule has 3 rings (SSSR count). The average molecular weight is 356 g/mol. The number of nitrogens with zero attached hydrogens (tertiary/aromatic N) is 4. The minimum absolute atomic E-state index is 0.0574. The Morgan fingerprint density at radius 1 is 1.35 bits per heavy atom. The molecule has 0 bridgehead atoms. The molecule has 136 valence electrons. The minimum atomic E-state index is -0.403. The topological polar surface area (TPSA) is 96.2 Å². The maximum atomic E-state index is 13.0. The van der Waals surface area contributed by atoms with E-state index in [0.29, 0.717) is 23.7 Å². The van der Waals surface area contributed by atoms with E-state index in [2.05, 4.69) is 15.1 Å². The second kappa shape index (κ2) is 8.01. The van der Waals surface area contributed by atoms with Gasteiger partial charge in [0.2, 0.25) is 5.78 Å². The number of hydrogen-bond acceptors (Lipinski definition) is 7. The first-order valence-corrected chi connectivity index (χ1v) is 8.40. The van der Waals surface area contributed by atoms with Crippen molar-refractivity contribution in [1.29, 1.82) is 0 Å². The lowest BCUT2D eigenvalue weighted by atomic mass is 9.97. The maximum absolute atomic E-state index is 13.0. The van der Waals surface area contributed by atoms with Gasteiger partial charge in [-0.3, -0.25) is 9.59 Å². The molecule has 0 atom stereocenters. The number of allylic oxidation sites excluding steroid dienone is 1. The third-order valence-electron chi connectivity index (χ3n) is 3.96. The Morgan fingerprint density at radius 3 is 2.77 bits per heavy atom. The van der Waals surface area contributed by atoms with Gasteiger partial charge in [-0.1, -0.05) is 0 Å². The van der Waals surface area contributed by atoms with Crippen molar-refractivity contribution in [1.82, 2.24) is 19.7 Å². The lowest BCUT2D eigenvalue weighted by Crippen LogP contribution is -2.18. The van der Waals surface area contributed by atoms with Crippen LogP contribution in [0.3, 0.4) is 0 Å². The third-order valence-corrected chi connectivity index (χ3v) is 3.96. The second-order valence-corrected chi connectivity index (χ2v) is 5.89. The summed E-state index contributed by atoms with van der Waals surface area (Å²) in [5.41, 5.74) is 0.800. The number of ether oxygens (including phenoxy) is 2. The standard InChI is InChI=1S/C18H20N4O4/c1-3-26-8-14(17(23)12-4-5-12)18(24)13-6-7-16(21-15(13)9-25-2)22-11-19-10-20-22/h6-8,10-12H,3-5,9H2,1-2H3/b14-8+. The summed E-state index contributed by atoms with van der Waals surface area (Å²) in [4.78, 5) is 33.9. The lowest BCUT2D eigenvalue weighted by Gasteiger charge is -2.11. The monoisotopic (exact) mass is 356 g/mol. The number of methoxy groups -OCH3 is 1. The van der Waals surface area contributed by atoms with Gasteiger partial charge in [0, 0.05) is 18.6 Å². The van der Waals surface area contributed by atoms with Crippen LogP contribution in [0.15, 0.2) is 36.6 Å². The van der Waals surface area contributed by atoms with Gasteiger partial charge in [-0.2, -0.15) is 5.10 Å². The van der Waals surface area contributed by atoms with E-state index in [1.54, 1.807) is 19.1 Å². The van der Waals surface area contributed by atoms with Gasteiger partial charge in [-0.15, -0.1) is 0 Å². The number of carbonyl (C=O) groups excluding carboxylic acids is 2. The summed E-state index contributed by atoms with van der Waals surface area (Å²) < 4.78 is 11.9. The molecule has 8 nitrogen and oxygen atoms in total. The molecule has 26 heavy (non-hydrogen) atoms. The maximum Gasteiger partial charge on any atom is 0.201 e. The molecule has 0 unspecified atom stereocenters. The quantitative estimate of drug-likeness (QED) is 0.222. The van der Waals surface area contributed by atoms with Crippen molar-refractivity contribution in [3.63, 3.8) is 0 Å². The van der Waals surface area contributed by atoms with Gasteiger partial charge in [-0.05, 0) is 31.9 Å². The summed E-state index contributed by atoms with van der Waals surface area (Å²) in [6, 6.07) is 3.28. The van der Waals surface area contributed by atoms with Gasteiger partial charge in [0.1, 0.15) is 18.2 Å². The third kappa shape index (κ3) is 3.85. The van der Waals surface area contributed by atoms with Crippen molar-refractivity contribution in [2.45, 2.75) is 26.4 Å². The van der Waals surface area contributed by atoms with Gasteiger partial charge in [-0.25, -0.2) is 14.6 Å². The average Bonchev–Trinajstić information content (AvgIpc) is 3.36. The van der Waals surface area contributed by atoms with E-state index >= 15 is 0 Å². The smallest absolute Gasteiger partial charge is 0.201 e. The van der Waals surface area contributed by atoms with Crippen LogP contribution in [0.4, 0.5) is 0 Å². The molecule has 1 fully saturated rings. The Hall–Kier alpha value is -2.87. The Morgan fingerprint density at radius 2 is 2.15 bits per heavy atom. The predicted octanol–water partition coefficient (Wildman–Crippen LogP) is 1.89. The number of Topliss-reactive ketones (excluding diaryl/α,β-unsaturated/α-hetero) is 2. The molecular weight excluding hydrogens is 336 g/mol. The van der Waals surface area contributed by atoms with Crippen LogP contribution in [0.5, 0.6) is 0 Å². The first kappa shape index (κ1) is 17.9. The zero-order chi connectivity index (χ0) is 18.5.